The highest BCUT2D eigenvalue weighted by atomic mass is 32.2. The molecule has 1 N–H and O–H groups in total. The number of phenols is 1. The van der Waals surface area contributed by atoms with Crippen LogP contribution in [-0.4, -0.2) is 30.9 Å². The van der Waals surface area contributed by atoms with Gasteiger partial charge >= 0.3 is 0 Å². The first kappa shape index (κ1) is 15.3. The molecular formula is C15H23NO3S. The number of benzene rings is 1. The summed E-state index contributed by atoms with van der Waals surface area (Å²) in [4.78, 5) is 0.00853. The summed E-state index contributed by atoms with van der Waals surface area (Å²) in [6, 6.07) is 6.13. The quantitative estimate of drug-likeness (QED) is 0.913. The lowest BCUT2D eigenvalue weighted by atomic mass is 9.76. The molecule has 2 rings (SSSR count). The van der Waals surface area contributed by atoms with E-state index in [0.29, 0.717) is 19.0 Å². The van der Waals surface area contributed by atoms with Gasteiger partial charge in [-0.2, -0.15) is 4.31 Å². The third kappa shape index (κ3) is 2.99. The molecule has 4 nitrogen and oxygen atoms in total. The van der Waals surface area contributed by atoms with E-state index in [9.17, 15) is 13.5 Å². The lowest BCUT2D eigenvalue weighted by molar-refractivity contribution is 0.154. The van der Waals surface area contributed by atoms with Crippen molar-refractivity contribution in [3.8, 4) is 5.75 Å². The fourth-order valence-corrected chi connectivity index (χ4v) is 4.33. The third-order valence-electron chi connectivity index (χ3n) is 4.16. The largest absolute Gasteiger partial charge is 0.507 e. The molecule has 0 bridgehead atoms. The normalized spacial score (nSPS) is 19.1. The minimum atomic E-state index is -3.58. The molecule has 1 heterocycles. The second-order valence-corrected chi connectivity index (χ2v) is 8.42. The number of piperidine rings is 1. The number of nitrogens with zero attached hydrogens (tertiary/aromatic N) is 1. The van der Waals surface area contributed by atoms with Crippen LogP contribution in [0.15, 0.2) is 29.2 Å². The average Bonchev–Trinajstić information content (AvgIpc) is 2.38. The Morgan fingerprint density at radius 2 is 1.70 bits per heavy atom. The van der Waals surface area contributed by atoms with Crippen LogP contribution in [0, 0.1) is 11.3 Å². The molecule has 0 atom stereocenters. The van der Waals surface area contributed by atoms with Gasteiger partial charge in [-0.05, 0) is 36.3 Å². The van der Waals surface area contributed by atoms with Gasteiger partial charge in [0.1, 0.15) is 10.6 Å². The summed E-state index contributed by atoms with van der Waals surface area (Å²) < 4.78 is 26.6. The van der Waals surface area contributed by atoms with Crippen LogP contribution >= 0.6 is 0 Å². The van der Waals surface area contributed by atoms with Crippen molar-refractivity contribution in [1.29, 1.82) is 0 Å². The van der Waals surface area contributed by atoms with Crippen molar-refractivity contribution >= 4 is 10.0 Å². The van der Waals surface area contributed by atoms with E-state index in [2.05, 4.69) is 20.8 Å². The Morgan fingerprint density at radius 1 is 1.15 bits per heavy atom. The molecule has 1 saturated heterocycles. The molecule has 1 fully saturated rings. The van der Waals surface area contributed by atoms with Crippen molar-refractivity contribution in [2.75, 3.05) is 13.1 Å². The lowest BCUT2D eigenvalue weighted by Gasteiger charge is -2.38. The van der Waals surface area contributed by atoms with E-state index in [1.165, 1.54) is 16.4 Å². The highest BCUT2D eigenvalue weighted by Crippen LogP contribution is 2.36. The minimum Gasteiger partial charge on any atom is -0.507 e. The zero-order chi connectivity index (χ0) is 15.0. The number of sulfonamides is 1. The predicted molar refractivity (Wildman–Crippen MR) is 79.0 cm³/mol. The second kappa shape index (κ2) is 5.37. The molecule has 0 unspecified atom stereocenters. The van der Waals surface area contributed by atoms with Crippen LogP contribution < -0.4 is 0 Å². The van der Waals surface area contributed by atoms with Crippen molar-refractivity contribution in [3.63, 3.8) is 0 Å². The van der Waals surface area contributed by atoms with Gasteiger partial charge in [0.2, 0.25) is 10.0 Å². The minimum absolute atomic E-state index is 0.00853. The zero-order valence-electron chi connectivity index (χ0n) is 12.3. The van der Waals surface area contributed by atoms with E-state index in [1.54, 1.807) is 12.1 Å². The van der Waals surface area contributed by atoms with Gasteiger partial charge in [-0.1, -0.05) is 32.9 Å². The summed E-state index contributed by atoms with van der Waals surface area (Å²) in [5.74, 6) is 0.365. The number of hydrogen-bond acceptors (Lipinski definition) is 3. The monoisotopic (exact) mass is 297 g/mol. The van der Waals surface area contributed by atoms with Crippen molar-refractivity contribution < 1.29 is 13.5 Å². The van der Waals surface area contributed by atoms with Crippen molar-refractivity contribution in [2.24, 2.45) is 11.3 Å². The topological polar surface area (TPSA) is 57.6 Å². The molecule has 0 radical (unpaired) electrons. The van der Waals surface area contributed by atoms with Crippen LogP contribution in [0.5, 0.6) is 5.75 Å². The van der Waals surface area contributed by atoms with E-state index in [1.807, 2.05) is 0 Å². The van der Waals surface area contributed by atoms with Gasteiger partial charge in [0.05, 0.1) is 0 Å². The number of rotatable bonds is 2. The SMILES string of the molecule is CC(C)(C)C1CCN(S(=O)(=O)c2ccccc2O)CC1. The number of phenolic OH excluding ortho intramolecular Hbond substituents is 1. The molecule has 0 spiro atoms. The standard InChI is InChI=1S/C15H23NO3S/c1-15(2,3)12-8-10-16(11-9-12)20(18,19)14-7-5-4-6-13(14)17/h4-7,12,17H,8-11H2,1-3H3. The molecule has 20 heavy (non-hydrogen) atoms. The molecule has 0 saturated carbocycles. The lowest BCUT2D eigenvalue weighted by Crippen LogP contribution is -2.41. The van der Waals surface area contributed by atoms with Crippen LogP contribution in [-0.2, 0) is 10.0 Å². The summed E-state index contributed by atoms with van der Waals surface area (Å²) in [5, 5.41) is 9.75. The smallest absolute Gasteiger partial charge is 0.246 e. The fraction of sp³-hybridized carbons (Fsp3) is 0.600. The molecule has 1 aromatic carbocycles. The molecule has 0 amide bonds. The Hall–Kier alpha value is -1.07. The number of para-hydroxylation sites is 1. The van der Waals surface area contributed by atoms with E-state index in [0.717, 1.165) is 12.8 Å². The van der Waals surface area contributed by atoms with Crippen LogP contribution in [0.25, 0.3) is 0 Å². The molecule has 1 aliphatic rings. The summed E-state index contributed by atoms with van der Waals surface area (Å²) in [6.07, 6.45) is 1.74. The Kier molecular flexibility index (Phi) is 4.12. The molecule has 5 heteroatoms. The second-order valence-electron chi connectivity index (χ2n) is 6.51. The Bertz CT molecular complexity index is 567. The average molecular weight is 297 g/mol. The van der Waals surface area contributed by atoms with E-state index < -0.39 is 10.0 Å². The first-order valence-electron chi connectivity index (χ1n) is 7.01. The first-order valence-corrected chi connectivity index (χ1v) is 8.45. The van der Waals surface area contributed by atoms with Crippen LogP contribution in [0.4, 0.5) is 0 Å². The van der Waals surface area contributed by atoms with Gasteiger partial charge in [0.25, 0.3) is 0 Å². The molecule has 0 aliphatic carbocycles. The number of hydrogen-bond donors (Lipinski definition) is 1. The highest BCUT2D eigenvalue weighted by molar-refractivity contribution is 7.89. The van der Waals surface area contributed by atoms with E-state index in [4.69, 9.17) is 0 Å². The number of aromatic hydroxyl groups is 1. The highest BCUT2D eigenvalue weighted by Gasteiger charge is 2.34. The van der Waals surface area contributed by atoms with Gasteiger partial charge < -0.3 is 5.11 Å². The Morgan fingerprint density at radius 3 is 2.20 bits per heavy atom. The molecule has 112 valence electrons. The molecular weight excluding hydrogens is 274 g/mol. The molecule has 0 aromatic heterocycles. The third-order valence-corrected chi connectivity index (χ3v) is 6.11. The van der Waals surface area contributed by atoms with E-state index >= 15 is 0 Å². The predicted octanol–water partition coefficient (Wildman–Crippen LogP) is 2.84. The Balaban J connectivity index is 2.16. The van der Waals surface area contributed by atoms with Gasteiger partial charge in [0, 0.05) is 13.1 Å². The van der Waals surface area contributed by atoms with Gasteiger partial charge in [-0.3, -0.25) is 0 Å². The first-order chi connectivity index (χ1) is 9.23. The van der Waals surface area contributed by atoms with Gasteiger partial charge in [-0.15, -0.1) is 0 Å². The van der Waals surface area contributed by atoms with Crippen molar-refractivity contribution in [1.82, 2.24) is 4.31 Å². The Labute approximate surface area is 121 Å². The maximum atomic E-state index is 12.5. The van der Waals surface area contributed by atoms with Crippen LogP contribution in [0.2, 0.25) is 0 Å². The molecule has 1 aliphatic heterocycles. The maximum Gasteiger partial charge on any atom is 0.246 e. The molecule has 1 aromatic rings. The van der Waals surface area contributed by atoms with Crippen LogP contribution in [0.3, 0.4) is 0 Å². The maximum absolute atomic E-state index is 12.5. The van der Waals surface area contributed by atoms with Crippen molar-refractivity contribution in [3.05, 3.63) is 24.3 Å². The summed E-state index contributed by atoms with van der Waals surface area (Å²) >= 11 is 0. The van der Waals surface area contributed by atoms with Gasteiger partial charge in [0.15, 0.2) is 0 Å². The van der Waals surface area contributed by atoms with Gasteiger partial charge in [-0.25, -0.2) is 8.42 Å². The van der Waals surface area contributed by atoms with Crippen molar-refractivity contribution in [2.45, 2.75) is 38.5 Å². The van der Waals surface area contributed by atoms with Crippen LogP contribution in [0.1, 0.15) is 33.6 Å². The van der Waals surface area contributed by atoms with E-state index in [-0.39, 0.29) is 16.1 Å². The summed E-state index contributed by atoms with van der Waals surface area (Å²) in [5.41, 5.74) is 0.213. The fourth-order valence-electron chi connectivity index (χ4n) is 2.78. The summed E-state index contributed by atoms with van der Waals surface area (Å²) in [7, 11) is -3.58. The summed E-state index contributed by atoms with van der Waals surface area (Å²) in [6.45, 7) is 7.65. The zero-order valence-corrected chi connectivity index (χ0v) is 13.2.